The quantitative estimate of drug-likeness (QED) is 0.229. The number of piperidine rings is 1. The monoisotopic (exact) mass is 594 g/mol. The molecule has 0 bridgehead atoms. The summed E-state index contributed by atoms with van der Waals surface area (Å²) >= 11 is 3.61. The summed E-state index contributed by atoms with van der Waals surface area (Å²) in [4.78, 5) is 23.3. The second-order valence-electron chi connectivity index (χ2n) is 9.39. The van der Waals surface area contributed by atoms with Crippen molar-refractivity contribution in [3.05, 3.63) is 52.5 Å². The van der Waals surface area contributed by atoms with Crippen LogP contribution in [0.2, 0.25) is 0 Å². The Bertz CT molecular complexity index is 1440. The van der Waals surface area contributed by atoms with E-state index in [-0.39, 0.29) is 0 Å². The van der Waals surface area contributed by atoms with Gasteiger partial charge in [0.05, 0.1) is 28.3 Å². The number of halogens is 1. The van der Waals surface area contributed by atoms with E-state index >= 15 is 0 Å². The number of hydrogen-bond acceptors (Lipinski definition) is 9. The first-order valence-electron chi connectivity index (χ1n) is 12.7. The minimum atomic E-state index is -0.459. The smallest absolute Gasteiger partial charge is 0.237 e. The molecule has 0 atom stereocenters. The van der Waals surface area contributed by atoms with Gasteiger partial charge in [-0.3, -0.25) is 9.97 Å². The largest absolute Gasteiger partial charge is 0.480 e. The third-order valence-electron chi connectivity index (χ3n) is 6.70. The normalized spacial score (nSPS) is 14.2. The molecule has 3 N–H and O–H groups in total. The van der Waals surface area contributed by atoms with Gasteiger partial charge in [-0.1, -0.05) is 14.8 Å². The maximum atomic E-state index is 5.70. The molecule has 0 radical (unpaired) electrons. The Balaban J connectivity index is 1.46. The molecular weight excluding hydrogens is 563 g/mol. The van der Waals surface area contributed by atoms with Gasteiger partial charge in [-0.15, -0.1) is 0 Å². The molecule has 4 heterocycles. The van der Waals surface area contributed by atoms with Gasteiger partial charge in [0.25, 0.3) is 0 Å². The summed E-state index contributed by atoms with van der Waals surface area (Å²) in [7, 11) is 1.19. The van der Waals surface area contributed by atoms with Gasteiger partial charge in [0.15, 0.2) is 0 Å². The van der Waals surface area contributed by atoms with Crippen molar-refractivity contribution < 1.29 is 4.74 Å². The molecule has 4 aromatic rings. The van der Waals surface area contributed by atoms with Crippen molar-refractivity contribution in [2.24, 2.45) is 0 Å². The van der Waals surface area contributed by atoms with Crippen molar-refractivity contribution >= 4 is 63.3 Å². The first-order chi connectivity index (χ1) is 18.5. The molecule has 11 heteroatoms. The SMILES string of the molecule is CCc1cc(Nc2ncc(Br)c(Nc3ccc4nccnc4c3P(C)C)n2)c(OC)nc1C1CCNCC1. The van der Waals surface area contributed by atoms with Gasteiger partial charge >= 0.3 is 0 Å². The molecule has 198 valence electrons. The van der Waals surface area contributed by atoms with Gasteiger partial charge < -0.3 is 20.7 Å². The van der Waals surface area contributed by atoms with Gasteiger partial charge in [-0.25, -0.2) is 9.97 Å². The lowest BCUT2D eigenvalue weighted by Gasteiger charge is -2.25. The Morgan fingerprint density at radius 3 is 2.58 bits per heavy atom. The number of hydrogen-bond donors (Lipinski definition) is 3. The second-order valence-corrected chi connectivity index (χ2v) is 12.5. The van der Waals surface area contributed by atoms with Crippen molar-refractivity contribution in [1.82, 2.24) is 30.2 Å². The number of ether oxygens (including phenoxy) is 1. The Morgan fingerprint density at radius 2 is 1.84 bits per heavy atom. The minimum Gasteiger partial charge on any atom is -0.480 e. The molecule has 0 spiro atoms. The van der Waals surface area contributed by atoms with Crippen LogP contribution in [0.5, 0.6) is 5.88 Å². The molecule has 3 aromatic heterocycles. The van der Waals surface area contributed by atoms with E-state index in [2.05, 4.69) is 73.2 Å². The Hall–Kier alpha value is -2.94. The topological polar surface area (TPSA) is 110 Å². The first-order valence-corrected chi connectivity index (χ1v) is 15.8. The lowest BCUT2D eigenvalue weighted by molar-refractivity contribution is 0.391. The second kappa shape index (κ2) is 11.8. The molecule has 1 aliphatic rings. The number of aromatic nitrogens is 5. The fourth-order valence-corrected chi connectivity index (χ4v) is 6.37. The summed E-state index contributed by atoms with van der Waals surface area (Å²) in [6.45, 7) is 8.62. The molecular formula is C27H32BrN8OP. The van der Waals surface area contributed by atoms with Crippen molar-refractivity contribution in [1.29, 1.82) is 0 Å². The highest BCUT2D eigenvalue weighted by Gasteiger charge is 2.22. The van der Waals surface area contributed by atoms with Crippen LogP contribution < -0.4 is 26.0 Å². The lowest BCUT2D eigenvalue weighted by Crippen LogP contribution is -2.27. The van der Waals surface area contributed by atoms with Crippen LogP contribution in [0.3, 0.4) is 0 Å². The van der Waals surface area contributed by atoms with Crippen LogP contribution in [0, 0.1) is 0 Å². The van der Waals surface area contributed by atoms with Gasteiger partial charge in [0.1, 0.15) is 11.5 Å². The Labute approximate surface area is 232 Å². The molecule has 38 heavy (non-hydrogen) atoms. The van der Waals surface area contributed by atoms with Crippen molar-refractivity contribution in [2.45, 2.75) is 32.1 Å². The van der Waals surface area contributed by atoms with E-state index in [1.54, 1.807) is 25.7 Å². The predicted octanol–water partition coefficient (Wildman–Crippen LogP) is 5.47. The lowest BCUT2D eigenvalue weighted by atomic mass is 9.90. The highest BCUT2D eigenvalue weighted by molar-refractivity contribution is 9.10. The molecule has 5 rings (SSSR count). The fourth-order valence-electron chi connectivity index (χ4n) is 4.87. The summed E-state index contributed by atoms with van der Waals surface area (Å²) in [6.07, 6.45) is 8.26. The number of rotatable bonds is 8. The molecule has 1 fully saturated rings. The van der Waals surface area contributed by atoms with Crippen molar-refractivity contribution in [3.63, 3.8) is 0 Å². The molecule has 0 saturated carbocycles. The van der Waals surface area contributed by atoms with Gasteiger partial charge in [-0.05, 0) is 85.4 Å². The number of aryl methyl sites for hydroxylation is 1. The molecule has 0 amide bonds. The van der Waals surface area contributed by atoms with E-state index in [9.17, 15) is 0 Å². The number of anilines is 4. The van der Waals surface area contributed by atoms with E-state index in [4.69, 9.17) is 14.7 Å². The van der Waals surface area contributed by atoms with Crippen molar-refractivity contribution in [3.8, 4) is 5.88 Å². The van der Waals surface area contributed by atoms with Gasteiger partial charge in [-0.2, -0.15) is 4.98 Å². The average Bonchev–Trinajstić information content (AvgIpc) is 2.94. The highest BCUT2D eigenvalue weighted by atomic mass is 79.9. The van der Waals surface area contributed by atoms with Gasteiger partial charge in [0, 0.05) is 35.5 Å². The predicted molar refractivity (Wildman–Crippen MR) is 159 cm³/mol. The van der Waals surface area contributed by atoms with Crippen LogP contribution >= 0.6 is 23.9 Å². The number of nitrogens with zero attached hydrogens (tertiary/aromatic N) is 5. The Morgan fingerprint density at radius 1 is 1.05 bits per heavy atom. The molecule has 1 aliphatic heterocycles. The van der Waals surface area contributed by atoms with E-state index in [0.717, 1.165) is 70.2 Å². The molecule has 1 saturated heterocycles. The van der Waals surface area contributed by atoms with Crippen LogP contribution in [-0.4, -0.2) is 58.4 Å². The van der Waals surface area contributed by atoms with Crippen LogP contribution in [0.1, 0.15) is 36.9 Å². The zero-order chi connectivity index (χ0) is 26.6. The minimum absolute atomic E-state index is 0.442. The maximum Gasteiger partial charge on any atom is 0.237 e. The third-order valence-corrected chi connectivity index (χ3v) is 8.63. The van der Waals surface area contributed by atoms with E-state index in [0.29, 0.717) is 23.6 Å². The van der Waals surface area contributed by atoms with E-state index < -0.39 is 7.92 Å². The van der Waals surface area contributed by atoms with Crippen LogP contribution in [0.4, 0.5) is 23.1 Å². The number of fused-ring (bicyclic) bond motifs is 1. The standard InChI is InChI=1S/C27H32BrN8OP/c1-5-16-14-21(26(37-2)35-22(16)17-8-10-29-11-9-17)34-27-32-15-18(28)25(36-27)33-20-7-6-19-23(24(20)38(3)4)31-13-12-30-19/h6-7,12-15,17,29H,5,8-11H2,1-4H3,(H2,32,33,34,36). The summed E-state index contributed by atoms with van der Waals surface area (Å²) < 4.78 is 6.46. The zero-order valence-electron chi connectivity index (χ0n) is 22.0. The number of nitrogens with one attached hydrogen (secondary N) is 3. The number of pyridine rings is 1. The zero-order valence-corrected chi connectivity index (χ0v) is 24.5. The average molecular weight is 595 g/mol. The Kier molecular flexibility index (Phi) is 8.31. The van der Waals surface area contributed by atoms with Crippen LogP contribution in [0.15, 0.2) is 41.3 Å². The molecule has 0 aliphatic carbocycles. The summed E-state index contributed by atoms with van der Waals surface area (Å²) in [5.74, 6) is 2.09. The van der Waals surface area contributed by atoms with Crippen LogP contribution in [0.25, 0.3) is 11.0 Å². The molecule has 1 aromatic carbocycles. The summed E-state index contributed by atoms with van der Waals surface area (Å²) in [5, 5.41) is 11.4. The maximum absolute atomic E-state index is 5.70. The molecule has 0 unspecified atom stereocenters. The highest BCUT2D eigenvalue weighted by Crippen LogP contribution is 2.36. The third kappa shape index (κ3) is 5.58. The fraction of sp³-hybridized carbons (Fsp3) is 0.370. The van der Waals surface area contributed by atoms with E-state index in [1.807, 2.05) is 12.1 Å². The van der Waals surface area contributed by atoms with Crippen LogP contribution in [-0.2, 0) is 6.42 Å². The number of methoxy groups -OCH3 is 1. The first kappa shape index (κ1) is 26.7. The van der Waals surface area contributed by atoms with E-state index in [1.165, 1.54) is 5.56 Å². The summed E-state index contributed by atoms with van der Waals surface area (Å²) in [5.41, 5.74) is 5.86. The molecule has 9 nitrogen and oxygen atoms in total. The van der Waals surface area contributed by atoms with Gasteiger partial charge in [0.2, 0.25) is 11.8 Å². The number of benzene rings is 1. The summed E-state index contributed by atoms with van der Waals surface area (Å²) in [6, 6.07) is 6.15. The van der Waals surface area contributed by atoms with Crippen molar-refractivity contribution in [2.75, 3.05) is 44.2 Å².